The van der Waals surface area contributed by atoms with Crippen LogP contribution in [0.2, 0.25) is 0 Å². The maximum absolute atomic E-state index is 11.7. The Labute approximate surface area is 120 Å². The molecule has 1 aliphatic carbocycles. The Balaban J connectivity index is 1.76. The fourth-order valence-corrected chi connectivity index (χ4v) is 2.79. The Bertz CT molecular complexity index is 414. The molecule has 1 atom stereocenters. The van der Waals surface area contributed by atoms with E-state index >= 15 is 0 Å². The molecule has 1 aromatic carbocycles. The highest BCUT2D eigenvalue weighted by Crippen LogP contribution is 2.32. The van der Waals surface area contributed by atoms with Crippen LogP contribution < -0.4 is 10.6 Å². The van der Waals surface area contributed by atoms with Crippen LogP contribution in [0.15, 0.2) is 30.3 Å². The summed E-state index contributed by atoms with van der Waals surface area (Å²) in [6.07, 6.45) is 4.26. The summed E-state index contributed by atoms with van der Waals surface area (Å²) in [6, 6.07) is 10.5. The molecule has 0 aromatic heterocycles. The van der Waals surface area contributed by atoms with E-state index < -0.39 is 0 Å². The molecule has 2 rings (SSSR count). The molecule has 2 amide bonds. The minimum absolute atomic E-state index is 0.0336. The highest BCUT2D eigenvalue weighted by Gasteiger charge is 2.23. The van der Waals surface area contributed by atoms with Gasteiger partial charge in [0.1, 0.15) is 0 Å². The third-order valence-corrected chi connectivity index (χ3v) is 3.98. The fraction of sp³-hybridized carbons (Fsp3) is 0.562. The number of amides is 2. The summed E-state index contributed by atoms with van der Waals surface area (Å²) in [5.74, 6) is 0.619. The SMILES string of the molecule is CC(CO)NC(=O)NC1CCC(c2ccccc2)CC1. The van der Waals surface area contributed by atoms with E-state index in [1.165, 1.54) is 5.56 Å². The Kier molecular flexibility index (Phi) is 5.41. The van der Waals surface area contributed by atoms with Crippen LogP contribution in [0.4, 0.5) is 4.79 Å². The van der Waals surface area contributed by atoms with E-state index in [-0.39, 0.29) is 24.7 Å². The van der Waals surface area contributed by atoms with E-state index in [0.29, 0.717) is 5.92 Å². The average molecular weight is 276 g/mol. The lowest BCUT2D eigenvalue weighted by Gasteiger charge is -2.29. The van der Waals surface area contributed by atoms with E-state index in [1.54, 1.807) is 6.92 Å². The largest absolute Gasteiger partial charge is 0.394 e. The summed E-state index contributed by atoms with van der Waals surface area (Å²) < 4.78 is 0. The predicted molar refractivity (Wildman–Crippen MR) is 79.7 cm³/mol. The van der Waals surface area contributed by atoms with Gasteiger partial charge in [-0.25, -0.2) is 4.79 Å². The first-order valence-corrected chi connectivity index (χ1v) is 7.42. The second-order valence-corrected chi connectivity index (χ2v) is 5.66. The van der Waals surface area contributed by atoms with Crippen LogP contribution in [-0.4, -0.2) is 29.8 Å². The first-order chi connectivity index (χ1) is 9.69. The predicted octanol–water partition coefficient (Wildman–Crippen LogP) is 2.39. The van der Waals surface area contributed by atoms with Crippen molar-refractivity contribution in [3.8, 4) is 0 Å². The molecule has 0 spiro atoms. The summed E-state index contributed by atoms with van der Waals surface area (Å²) in [6.45, 7) is 1.75. The minimum Gasteiger partial charge on any atom is -0.394 e. The van der Waals surface area contributed by atoms with E-state index in [9.17, 15) is 4.79 Å². The van der Waals surface area contributed by atoms with Gasteiger partial charge in [0.2, 0.25) is 0 Å². The molecule has 1 fully saturated rings. The second kappa shape index (κ2) is 7.29. The van der Waals surface area contributed by atoms with Gasteiger partial charge in [0, 0.05) is 6.04 Å². The third-order valence-electron chi connectivity index (χ3n) is 3.98. The maximum atomic E-state index is 11.7. The normalized spacial score (nSPS) is 23.9. The van der Waals surface area contributed by atoms with Crippen molar-refractivity contribution in [3.63, 3.8) is 0 Å². The molecule has 0 heterocycles. The number of hydrogen-bond donors (Lipinski definition) is 3. The van der Waals surface area contributed by atoms with Gasteiger partial charge >= 0.3 is 6.03 Å². The molecule has 3 N–H and O–H groups in total. The van der Waals surface area contributed by atoms with Gasteiger partial charge in [0.05, 0.1) is 12.6 Å². The van der Waals surface area contributed by atoms with Crippen LogP contribution in [0.1, 0.15) is 44.1 Å². The van der Waals surface area contributed by atoms with Crippen molar-refractivity contribution in [3.05, 3.63) is 35.9 Å². The van der Waals surface area contributed by atoms with Gasteiger partial charge in [0.25, 0.3) is 0 Å². The van der Waals surface area contributed by atoms with Gasteiger partial charge in [-0.15, -0.1) is 0 Å². The van der Waals surface area contributed by atoms with Crippen molar-refractivity contribution in [2.24, 2.45) is 0 Å². The zero-order valence-corrected chi connectivity index (χ0v) is 12.0. The number of carbonyl (C=O) groups is 1. The van der Waals surface area contributed by atoms with Crippen molar-refractivity contribution in [2.45, 2.75) is 50.6 Å². The van der Waals surface area contributed by atoms with E-state index in [4.69, 9.17) is 5.11 Å². The quantitative estimate of drug-likeness (QED) is 0.790. The summed E-state index contributed by atoms with van der Waals surface area (Å²) in [7, 11) is 0. The topological polar surface area (TPSA) is 61.4 Å². The van der Waals surface area contributed by atoms with Crippen molar-refractivity contribution >= 4 is 6.03 Å². The lowest BCUT2D eigenvalue weighted by Crippen LogP contribution is -2.47. The van der Waals surface area contributed by atoms with Crippen LogP contribution in [0.3, 0.4) is 0 Å². The number of hydrogen-bond acceptors (Lipinski definition) is 2. The average Bonchev–Trinajstić information content (AvgIpc) is 2.48. The van der Waals surface area contributed by atoms with Gasteiger partial charge < -0.3 is 15.7 Å². The van der Waals surface area contributed by atoms with Crippen molar-refractivity contribution in [1.29, 1.82) is 0 Å². The van der Waals surface area contributed by atoms with E-state index in [0.717, 1.165) is 25.7 Å². The molecular weight excluding hydrogens is 252 g/mol. The van der Waals surface area contributed by atoms with Crippen LogP contribution in [0, 0.1) is 0 Å². The zero-order valence-electron chi connectivity index (χ0n) is 12.0. The number of nitrogens with one attached hydrogen (secondary N) is 2. The monoisotopic (exact) mass is 276 g/mol. The Morgan fingerprint density at radius 3 is 2.50 bits per heavy atom. The maximum Gasteiger partial charge on any atom is 0.315 e. The highest BCUT2D eigenvalue weighted by atomic mass is 16.3. The van der Waals surface area contributed by atoms with Gasteiger partial charge in [-0.2, -0.15) is 0 Å². The molecule has 110 valence electrons. The first kappa shape index (κ1) is 14.9. The zero-order chi connectivity index (χ0) is 14.4. The lowest BCUT2D eigenvalue weighted by molar-refractivity contribution is 0.213. The number of aliphatic hydroxyl groups excluding tert-OH is 1. The Hall–Kier alpha value is -1.55. The Morgan fingerprint density at radius 2 is 1.90 bits per heavy atom. The number of aliphatic hydroxyl groups is 1. The Morgan fingerprint density at radius 1 is 1.25 bits per heavy atom. The molecule has 4 heteroatoms. The van der Waals surface area contributed by atoms with Crippen LogP contribution in [0.25, 0.3) is 0 Å². The van der Waals surface area contributed by atoms with Crippen molar-refractivity contribution < 1.29 is 9.90 Å². The molecule has 4 nitrogen and oxygen atoms in total. The molecule has 1 aromatic rings. The highest BCUT2D eigenvalue weighted by molar-refractivity contribution is 5.74. The van der Waals surface area contributed by atoms with Crippen molar-refractivity contribution in [2.75, 3.05) is 6.61 Å². The second-order valence-electron chi connectivity index (χ2n) is 5.66. The van der Waals surface area contributed by atoms with E-state index in [1.807, 2.05) is 6.07 Å². The number of carbonyl (C=O) groups excluding carboxylic acids is 1. The van der Waals surface area contributed by atoms with Crippen LogP contribution >= 0.6 is 0 Å². The summed E-state index contributed by atoms with van der Waals surface area (Å²) in [4.78, 5) is 11.7. The standard InChI is InChI=1S/C16H24N2O2/c1-12(11-19)17-16(20)18-15-9-7-14(8-10-15)13-5-3-2-4-6-13/h2-6,12,14-15,19H,7-11H2,1H3,(H2,17,18,20). The molecule has 1 saturated carbocycles. The molecule has 0 radical (unpaired) electrons. The lowest BCUT2D eigenvalue weighted by atomic mass is 9.82. The molecule has 0 aliphatic heterocycles. The smallest absolute Gasteiger partial charge is 0.315 e. The third kappa shape index (κ3) is 4.23. The fourth-order valence-electron chi connectivity index (χ4n) is 2.79. The van der Waals surface area contributed by atoms with Gasteiger partial charge in [-0.3, -0.25) is 0 Å². The molecule has 0 saturated heterocycles. The van der Waals surface area contributed by atoms with Crippen LogP contribution in [-0.2, 0) is 0 Å². The minimum atomic E-state index is -0.198. The summed E-state index contributed by atoms with van der Waals surface area (Å²) in [5.41, 5.74) is 1.41. The summed E-state index contributed by atoms with van der Waals surface area (Å²) in [5, 5.41) is 14.6. The van der Waals surface area contributed by atoms with Gasteiger partial charge in [-0.05, 0) is 44.1 Å². The number of benzene rings is 1. The molecule has 1 aliphatic rings. The van der Waals surface area contributed by atoms with Crippen LogP contribution in [0.5, 0.6) is 0 Å². The molecule has 20 heavy (non-hydrogen) atoms. The molecule has 0 bridgehead atoms. The van der Waals surface area contributed by atoms with Gasteiger partial charge in [-0.1, -0.05) is 30.3 Å². The van der Waals surface area contributed by atoms with E-state index in [2.05, 4.69) is 34.9 Å². The summed E-state index contributed by atoms with van der Waals surface area (Å²) >= 11 is 0. The molecular formula is C16H24N2O2. The first-order valence-electron chi connectivity index (χ1n) is 7.42. The van der Waals surface area contributed by atoms with Gasteiger partial charge in [0.15, 0.2) is 0 Å². The number of rotatable bonds is 4. The number of urea groups is 1. The molecule has 1 unspecified atom stereocenters. The van der Waals surface area contributed by atoms with Crippen molar-refractivity contribution in [1.82, 2.24) is 10.6 Å².